The lowest BCUT2D eigenvalue weighted by molar-refractivity contribution is -0.137. The third-order valence-corrected chi connectivity index (χ3v) is 2.35. The standard InChI is InChI=1S/C12H21NO3/c1-9(2)10(6-5-7-12(15)16)8-11(14)13(3)4/h8-9H,5-7H2,1-4H3,(H,15,16)/b10-8+. The van der Waals surface area contributed by atoms with Crippen molar-refractivity contribution in [3.05, 3.63) is 11.6 Å². The summed E-state index contributed by atoms with van der Waals surface area (Å²) in [5.41, 5.74) is 1.01. The monoisotopic (exact) mass is 227 g/mol. The molecule has 0 radical (unpaired) electrons. The molecule has 0 saturated heterocycles. The van der Waals surface area contributed by atoms with Crippen LogP contribution in [0.25, 0.3) is 0 Å². The number of carboxylic acids is 1. The van der Waals surface area contributed by atoms with Crippen LogP contribution in [0, 0.1) is 5.92 Å². The van der Waals surface area contributed by atoms with E-state index in [4.69, 9.17) is 5.11 Å². The normalized spacial score (nSPS) is 11.7. The van der Waals surface area contributed by atoms with Crippen LogP contribution in [0.15, 0.2) is 11.6 Å². The second-order valence-corrected chi connectivity index (χ2v) is 4.35. The predicted molar refractivity (Wildman–Crippen MR) is 63.1 cm³/mol. The molecule has 0 rings (SSSR count). The largest absolute Gasteiger partial charge is 0.481 e. The third kappa shape index (κ3) is 6.22. The van der Waals surface area contributed by atoms with Gasteiger partial charge in [0.2, 0.25) is 5.91 Å². The number of rotatable bonds is 6. The van der Waals surface area contributed by atoms with Crippen molar-refractivity contribution in [1.82, 2.24) is 4.90 Å². The molecule has 0 atom stereocenters. The van der Waals surface area contributed by atoms with E-state index in [-0.39, 0.29) is 18.2 Å². The van der Waals surface area contributed by atoms with Crippen molar-refractivity contribution in [2.24, 2.45) is 5.92 Å². The van der Waals surface area contributed by atoms with Crippen LogP contribution in [-0.2, 0) is 9.59 Å². The van der Waals surface area contributed by atoms with Gasteiger partial charge in [0.25, 0.3) is 0 Å². The molecule has 0 saturated carbocycles. The lowest BCUT2D eigenvalue weighted by Gasteiger charge is -2.13. The Balaban J connectivity index is 4.38. The highest BCUT2D eigenvalue weighted by atomic mass is 16.4. The molecule has 0 heterocycles. The Hall–Kier alpha value is -1.32. The van der Waals surface area contributed by atoms with E-state index in [1.54, 1.807) is 20.2 Å². The van der Waals surface area contributed by atoms with Gasteiger partial charge in [-0.05, 0) is 18.8 Å². The van der Waals surface area contributed by atoms with Crippen LogP contribution in [0.2, 0.25) is 0 Å². The summed E-state index contributed by atoms with van der Waals surface area (Å²) in [4.78, 5) is 23.4. The first-order valence-electron chi connectivity index (χ1n) is 5.48. The van der Waals surface area contributed by atoms with Gasteiger partial charge in [0.1, 0.15) is 0 Å². The maximum atomic E-state index is 11.5. The van der Waals surface area contributed by atoms with Gasteiger partial charge in [-0.25, -0.2) is 0 Å². The summed E-state index contributed by atoms with van der Waals surface area (Å²) < 4.78 is 0. The number of carboxylic acid groups (broad SMARTS) is 1. The minimum Gasteiger partial charge on any atom is -0.481 e. The van der Waals surface area contributed by atoms with Gasteiger partial charge in [-0.15, -0.1) is 0 Å². The van der Waals surface area contributed by atoms with Gasteiger partial charge in [-0.1, -0.05) is 19.4 Å². The first kappa shape index (κ1) is 14.7. The second kappa shape index (κ2) is 7.04. The van der Waals surface area contributed by atoms with E-state index in [2.05, 4.69) is 0 Å². The first-order valence-corrected chi connectivity index (χ1v) is 5.48. The molecule has 0 unspecified atom stereocenters. The van der Waals surface area contributed by atoms with Crippen LogP contribution in [0.4, 0.5) is 0 Å². The molecular weight excluding hydrogens is 206 g/mol. The van der Waals surface area contributed by atoms with Gasteiger partial charge in [-0.2, -0.15) is 0 Å². The summed E-state index contributed by atoms with van der Waals surface area (Å²) in [5.74, 6) is -0.557. The highest BCUT2D eigenvalue weighted by Gasteiger charge is 2.08. The Morgan fingerprint density at radius 2 is 1.81 bits per heavy atom. The molecule has 1 amide bonds. The quantitative estimate of drug-likeness (QED) is 0.705. The summed E-state index contributed by atoms with van der Waals surface area (Å²) in [6, 6.07) is 0. The summed E-state index contributed by atoms with van der Waals surface area (Å²) in [6.45, 7) is 4.02. The topological polar surface area (TPSA) is 57.6 Å². The van der Waals surface area contributed by atoms with E-state index < -0.39 is 5.97 Å². The molecule has 0 spiro atoms. The van der Waals surface area contributed by atoms with Crippen LogP contribution in [-0.4, -0.2) is 36.0 Å². The lowest BCUT2D eigenvalue weighted by Crippen LogP contribution is -2.20. The first-order chi connectivity index (χ1) is 7.34. The van der Waals surface area contributed by atoms with Crippen molar-refractivity contribution in [3.63, 3.8) is 0 Å². The zero-order valence-electron chi connectivity index (χ0n) is 10.5. The number of hydrogen-bond acceptors (Lipinski definition) is 2. The van der Waals surface area contributed by atoms with E-state index in [0.29, 0.717) is 12.8 Å². The zero-order chi connectivity index (χ0) is 12.7. The molecule has 16 heavy (non-hydrogen) atoms. The highest BCUT2D eigenvalue weighted by molar-refractivity contribution is 5.87. The van der Waals surface area contributed by atoms with Crippen molar-refractivity contribution in [3.8, 4) is 0 Å². The minimum absolute atomic E-state index is 0.0426. The molecule has 0 fully saturated rings. The van der Waals surface area contributed by atoms with E-state index in [1.807, 2.05) is 13.8 Å². The van der Waals surface area contributed by atoms with Crippen LogP contribution in [0.5, 0.6) is 0 Å². The Bertz CT molecular complexity index is 280. The summed E-state index contributed by atoms with van der Waals surface area (Å²) >= 11 is 0. The fourth-order valence-electron chi connectivity index (χ4n) is 1.26. The van der Waals surface area contributed by atoms with Crippen LogP contribution in [0.1, 0.15) is 33.1 Å². The third-order valence-electron chi connectivity index (χ3n) is 2.35. The van der Waals surface area contributed by atoms with Gasteiger partial charge in [0.05, 0.1) is 0 Å². The number of carbonyl (C=O) groups excluding carboxylic acids is 1. The molecule has 92 valence electrons. The van der Waals surface area contributed by atoms with Gasteiger partial charge in [0.15, 0.2) is 0 Å². The van der Waals surface area contributed by atoms with E-state index in [9.17, 15) is 9.59 Å². The van der Waals surface area contributed by atoms with Crippen molar-refractivity contribution in [2.75, 3.05) is 14.1 Å². The molecule has 1 N–H and O–H groups in total. The maximum absolute atomic E-state index is 11.5. The van der Waals surface area contributed by atoms with E-state index in [1.165, 1.54) is 4.90 Å². The van der Waals surface area contributed by atoms with Gasteiger partial charge in [-0.3, -0.25) is 9.59 Å². The van der Waals surface area contributed by atoms with Crippen molar-refractivity contribution >= 4 is 11.9 Å². The molecule has 4 nitrogen and oxygen atoms in total. The average Bonchev–Trinajstić information content (AvgIpc) is 2.14. The Kier molecular flexibility index (Phi) is 6.46. The van der Waals surface area contributed by atoms with Crippen LogP contribution >= 0.6 is 0 Å². The Morgan fingerprint density at radius 3 is 2.19 bits per heavy atom. The molecule has 0 aliphatic heterocycles. The summed E-state index contributed by atoms with van der Waals surface area (Å²) in [6.07, 6.45) is 3.02. The van der Waals surface area contributed by atoms with Crippen LogP contribution in [0.3, 0.4) is 0 Å². The second-order valence-electron chi connectivity index (χ2n) is 4.35. The van der Waals surface area contributed by atoms with Crippen molar-refractivity contribution < 1.29 is 14.7 Å². The summed E-state index contributed by atoms with van der Waals surface area (Å²) in [7, 11) is 3.40. The molecule has 4 heteroatoms. The molecule has 0 aromatic heterocycles. The minimum atomic E-state index is -0.790. The van der Waals surface area contributed by atoms with Gasteiger partial charge >= 0.3 is 5.97 Å². The molecule has 0 aliphatic carbocycles. The number of aliphatic carboxylic acids is 1. The lowest BCUT2D eigenvalue weighted by atomic mass is 9.97. The SMILES string of the molecule is CC(C)/C(=C/C(=O)N(C)C)CCCC(=O)O. The average molecular weight is 227 g/mol. The fourth-order valence-corrected chi connectivity index (χ4v) is 1.26. The molecule has 0 aliphatic rings. The Morgan fingerprint density at radius 1 is 1.25 bits per heavy atom. The molecular formula is C12H21NO3. The van der Waals surface area contributed by atoms with E-state index in [0.717, 1.165) is 5.57 Å². The highest BCUT2D eigenvalue weighted by Crippen LogP contribution is 2.17. The number of nitrogens with zero attached hydrogens (tertiary/aromatic N) is 1. The van der Waals surface area contributed by atoms with Crippen molar-refractivity contribution in [1.29, 1.82) is 0 Å². The van der Waals surface area contributed by atoms with Gasteiger partial charge in [0, 0.05) is 26.6 Å². The number of amides is 1. The maximum Gasteiger partial charge on any atom is 0.303 e. The van der Waals surface area contributed by atoms with E-state index >= 15 is 0 Å². The predicted octanol–water partition coefficient (Wildman–Crippen LogP) is 1.91. The van der Waals surface area contributed by atoms with Crippen LogP contribution < -0.4 is 0 Å². The molecule has 0 bridgehead atoms. The Labute approximate surface area is 96.9 Å². The molecule has 0 aromatic carbocycles. The zero-order valence-corrected chi connectivity index (χ0v) is 10.5. The number of allylic oxidation sites excluding steroid dienone is 1. The molecule has 0 aromatic rings. The summed E-state index contributed by atoms with van der Waals surface area (Å²) in [5, 5.41) is 8.54. The number of carbonyl (C=O) groups is 2. The smallest absolute Gasteiger partial charge is 0.303 e. The fraction of sp³-hybridized carbons (Fsp3) is 0.667. The van der Waals surface area contributed by atoms with Crippen molar-refractivity contribution in [2.45, 2.75) is 33.1 Å². The van der Waals surface area contributed by atoms with Gasteiger partial charge < -0.3 is 10.0 Å². The number of likely N-dealkylation sites (N-methyl/N-ethyl adjacent to an activating group) is 1. The number of hydrogen-bond donors (Lipinski definition) is 1.